The number of carboxylic acid groups (broad SMARTS) is 1. The zero-order chi connectivity index (χ0) is 21.2. The molecule has 1 saturated heterocycles. The summed E-state index contributed by atoms with van der Waals surface area (Å²) in [6.07, 6.45) is 13.7. The smallest absolute Gasteiger partial charge is 0.303 e. The maximum absolute atomic E-state index is 12.4. The molecule has 0 aromatic heterocycles. The van der Waals surface area contributed by atoms with Crippen molar-refractivity contribution in [3.05, 3.63) is 23.8 Å². The second-order valence-electron chi connectivity index (χ2n) is 11.4. The molecule has 1 heterocycles. The SMILES string of the molecule is C[C@]12CCCC=C1C=C[C@H]1[C@@H]3CC[C@@](CCC(=O)O)(C4(O)CC4=O)[C@@]3(C)CC3O[C@]312. The summed E-state index contributed by atoms with van der Waals surface area (Å²) in [5.74, 6) is -0.385. The zero-order valence-electron chi connectivity index (χ0n) is 17.9. The quantitative estimate of drug-likeness (QED) is 0.686. The fraction of sp³-hybridized carbons (Fsp3) is 0.760. The molecule has 0 amide bonds. The maximum atomic E-state index is 12.4. The van der Waals surface area contributed by atoms with E-state index in [0.29, 0.717) is 12.3 Å². The Hall–Kier alpha value is -1.46. The Morgan fingerprint density at radius 1 is 1.30 bits per heavy atom. The first kappa shape index (κ1) is 19.2. The van der Waals surface area contributed by atoms with Crippen LogP contribution in [-0.2, 0) is 14.3 Å². The highest BCUT2D eigenvalue weighted by atomic mass is 16.6. The molecule has 30 heavy (non-hydrogen) atoms. The largest absolute Gasteiger partial charge is 0.481 e. The monoisotopic (exact) mass is 412 g/mol. The number of fused-ring (bicyclic) bond motifs is 3. The van der Waals surface area contributed by atoms with E-state index in [2.05, 4.69) is 32.1 Å². The molecule has 5 nitrogen and oxygen atoms in total. The lowest BCUT2D eigenvalue weighted by molar-refractivity contribution is -0.148. The molecule has 5 heteroatoms. The number of aliphatic carboxylic acids is 1. The van der Waals surface area contributed by atoms with Crippen molar-refractivity contribution in [2.75, 3.05) is 0 Å². The van der Waals surface area contributed by atoms with E-state index in [-0.39, 0.29) is 47.1 Å². The van der Waals surface area contributed by atoms with Crippen molar-refractivity contribution in [2.45, 2.75) is 88.9 Å². The Kier molecular flexibility index (Phi) is 3.51. The molecule has 5 aliphatic carbocycles. The highest BCUT2D eigenvalue weighted by molar-refractivity contribution is 6.05. The average molecular weight is 413 g/mol. The summed E-state index contributed by atoms with van der Waals surface area (Å²) in [4.78, 5) is 23.9. The lowest BCUT2D eigenvalue weighted by atomic mass is 9.45. The van der Waals surface area contributed by atoms with Crippen LogP contribution in [0.1, 0.15) is 71.6 Å². The average Bonchev–Trinajstić information content (AvgIpc) is 3.53. The number of ketones is 1. The normalized spacial score (nSPS) is 55.1. The molecule has 3 saturated carbocycles. The van der Waals surface area contributed by atoms with E-state index in [4.69, 9.17) is 4.74 Å². The fourth-order valence-electron chi connectivity index (χ4n) is 8.99. The van der Waals surface area contributed by atoms with Crippen molar-refractivity contribution in [3.8, 4) is 0 Å². The number of carboxylic acids is 1. The summed E-state index contributed by atoms with van der Waals surface area (Å²) in [5.41, 5.74) is -1.00. The van der Waals surface area contributed by atoms with Gasteiger partial charge in [-0.25, -0.2) is 0 Å². The third kappa shape index (κ3) is 1.90. The van der Waals surface area contributed by atoms with E-state index in [1.165, 1.54) is 12.0 Å². The summed E-state index contributed by atoms with van der Waals surface area (Å²) in [6, 6.07) is 0. The molecule has 2 N–H and O–H groups in total. The number of carbonyl (C=O) groups is 2. The molecule has 2 unspecified atom stereocenters. The van der Waals surface area contributed by atoms with E-state index in [0.717, 1.165) is 32.1 Å². The summed E-state index contributed by atoms with van der Waals surface area (Å²) in [6.45, 7) is 4.60. The number of aliphatic hydroxyl groups is 1. The van der Waals surface area contributed by atoms with Crippen LogP contribution in [0.15, 0.2) is 23.8 Å². The van der Waals surface area contributed by atoms with E-state index >= 15 is 0 Å². The van der Waals surface area contributed by atoms with E-state index in [1.807, 2.05) is 0 Å². The molecule has 0 aromatic rings. The molecule has 0 aromatic carbocycles. The third-order valence-corrected chi connectivity index (χ3v) is 10.6. The highest BCUT2D eigenvalue weighted by Crippen LogP contribution is 2.79. The van der Waals surface area contributed by atoms with Crippen molar-refractivity contribution in [1.29, 1.82) is 0 Å². The molecule has 0 bridgehead atoms. The van der Waals surface area contributed by atoms with Crippen LogP contribution in [-0.4, -0.2) is 39.3 Å². The number of epoxide rings is 1. The Morgan fingerprint density at radius 2 is 2.07 bits per heavy atom. The van der Waals surface area contributed by atoms with E-state index < -0.39 is 17.0 Å². The first-order valence-electron chi connectivity index (χ1n) is 11.7. The second kappa shape index (κ2) is 5.47. The topological polar surface area (TPSA) is 87.1 Å². The fourth-order valence-corrected chi connectivity index (χ4v) is 8.99. The molecule has 1 aliphatic heterocycles. The first-order valence-corrected chi connectivity index (χ1v) is 11.7. The van der Waals surface area contributed by atoms with Gasteiger partial charge in [-0.15, -0.1) is 0 Å². The van der Waals surface area contributed by atoms with Crippen LogP contribution in [0, 0.1) is 28.1 Å². The number of Topliss-reactive ketones (excluding diaryl/α,β-unsaturated/α-hetero) is 1. The minimum Gasteiger partial charge on any atom is -0.481 e. The van der Waals surface area contributed by atoms with Crippen LogP contribution in [0.25, 0.3) is 0 Å². The van der Waals surface area contributed by atoms with Crippen LogP contribution in [0.5, 0.6) is 0 Å². The lowest BCUT2D eigenvalue weighted by Crippen LogP contribution is -2.59. The van der Waals surface area contributed by atoms with Gasteiger partial charge in [-0.2, -0.15) is 0 Å². The number of allylic oxidation sites excluding steroid dienone is 2. The molecular weight excluding hydrogens is 380 g/mol. The van der Waals surface area contributed by atoms with Gasteiger partial charge in [0.15, 0.2) is 5.78 Å². The zero-order valence-corrected chi connectivity index (χ0v) is 17.9. The van der Waals surface area contributed by atoms with Gasteiger partial charge in [0.1, 0.15) is 11.2 Å². The Bertz CT molecular complexity index is 920. The number of ether oxygens (including phenoxy) is 1. The van der Waals surface area contributed by atoms with Crippen LogP contribution >= 0.6 is 0 Å². The van der Waals surface area contributed by atoms with Crippen molar-refractivity contribution in [3.63, 3.8) is 0 Å². The maximum Gasteiger partial charge on any atom is 0.303 e. The Morgan fingerprint density at radius 3 is 2.77 bits per heavy atom. The summed E-state index contributed by atoms with van der Waals surface area (Å²) < 4.78 is 6.65. The highest BCUT2D eigenvalue weighted by Gasteiger charge is 2.83. The molecule has 0 radical (unpaired) electrons. The van der Waals surface area contributed by atoms with Gasteiger partial charge < -0.3 is 14.9 Å². The predicted molar refractivity (Wildman–Crippen MR) is 110 cm³/mol. The molecular formula is C25H32O5. The van der Waals surface area contributed by atoms with Gasteiger partial charge >= 0.3 is 5.97 Å². The molecule has 6 rings (SSSR count). The minimum absolute atomic E-state index is 0.000324. The Balaban J connectivity index is 1.45. The minimum atomic E-state index is -1.35. The van der Waals surface area contributed by atoms with Gasteiger partial charge in [-0.3, -0.25) is 9.59 Å². The van der Waals surface area contributed by atoms with Crippen LogP contribution in [0.3, 0.4) is 0 Å². The predicted octanol–water partition coefficient (Wildman–Crippen LogP) is 3.80. The van der Waals surface area contributed by atoms with Crippen LogP contribution in [0.4, 0.5) is 0 Å². The van der Waals surface area contributed by atoms with Gasteiger partial charge in [0.2, 0.25) is 0 Å². The second-order valence-corrected chi connectivity index (χ2v) is 11.4. The van der Waals surface area contributed by atoms with E-state index in [9.17, 15) is 19.8 Å². The molecule has 6 aliphatic rings. The number of rotatable bonds is 4. The number of carbonyl (C=O) groups excluding carboxylic acids is 1. The van der Waals surface area contributed by atoms with Gasteiger partial charge in [-0.05, 0) is 61.9 Å². The first-order chi connectivity index (χ1) is 14.1. The van der Waals surface area contributed by atoms with Gasteiger partial charge in [0.25, 0.3) is 0 Å². The molecule has 8 atom stereocenters. The van der Waals surface area contributed by atoms with E-state index in [1.54, 1.807) is 0 Å². The summed E-state index contributed by atoms with van der Waals surface area (Å²) >= 11 is 0. The van der Waals surface area contributed by atoms with Gasteiger partial charge in [0, 0.05) is 29.6 Å². The standard InChI is InChI=1S/C25H32O5/c1-21-10-4-3-5-15(21)6-7-17-16-8-11-23(12-9-20(27)28,24(29)13-18(24)26)22(16,2)14-19-25(17,21)30-19/h5-7,16-17,19,29H,3-4,8-14H2,1-2H3,(H,27,28)/t16-,17-,19?,21-,22-,23-,24?,25-/m0/s1. The van der Waals surface area contributed by atoms with Crippen molar-refractivity contribution < 1.29 is 24.5 Å². The van der Waals surface area contributed by atoms with Crippen molar-refractivity contribution in [1.82, 2.24) is 0 Å². The van der Waals surface area contributed by atoms with Crippen molar-refractivity contribution >= 4 is 11.8 Å². The number of hydrogen-bond acceptors (Lipinski definition) is 4. The summed E-state index contributed by atoms with van der Waals surface area (Å²) in [5, 5.41) is 20.8. The Labute approximate surface area is 177 Å². The van der Waals surface area contributed by atoms with Gasteiger partial charge in [-0.1, -0.05) is 32.1 Å². The van der Waals surface area contributed by atoms with Gasteiger partial charge in [0.05, 0.1) is 6.10 Å². The van der Waals surface area contributed by atoms with Crippen molar-refractivity contribution in [2.24, 2.45) is 28.1 Å². The lowest BCUT2D eigenvalue weighted by Gasteiger charge is -2.57. The number of hydrogen-bond donors (Lipinski definition) is 2. The molecule has 4 fully saturated rings. The van der Waals surface area contributed by atoms with Crippen LogP contribution < -0.4 is 0 Å². The summed E-state index contributed by atoms with van der Waals surface area (Å²) in [7, 11) is 0. The van der Waals surface area contributed by atoms with Crippen LogP contribution in [0.2, 0.25) is 0 Å². The molecule has 1 spiro atoms. The molecule has 162 valence electrons. The third-order valence-electron chi connectivity index (χ3n) is 10.6.